The summed E-state index contributed by atoms with van der Waals surface area (Å²) >= 11 is 1.43. The number of nitrogens with one attached hydrogen (secondary N) is 2. The molecule has 3 aromatic rings. The number of aryl methyl sites for hydroxylation is 1. The molecule has 1 amide bonds. The quantitative estimate of drug-likeness (QED) is 0.570. The van der Waals surface area contributed by atoms with E-state index < -0.39 is 16.1 Å². The predicted molar refractivity (Wildman–Crippen MR) is 114 cm³/mol. The maximum atomic E-state index is 12.9. The Morgan fingerprint density at radius 3 is 2.69 bits per heavy atom. The Bertz CT molecular complexity index is 1100. The van der Waals surface area contributed by atoms with E-state index >= 15 is 0 Å². The van der Waals surface area contributed by atoms with Crippen molar-refractivity contribution in [2.75, 3.05) is 0 Å². The van der Waals surface area contributed by atoms with Crippen molar-refractivity contribution in [1.82, 2.24) is 20.0 Å². The second-order valence-corrected chi connectivity index (χ2v) is 10.2. The molecule has 2 N–H and O–H groups in total. The number of amides is 1. The molecule has 0 radical (unpaired) electrons. The van der Waals surface area contributed by atoms with E-state index in [-0.39, 0.29) is 23.3 Å². The molecule has 1 aromatic carbocycles. The monoisotopic (exact) mass is 432 g/mol. The van der Waals surface area contributed by atoms with Crippen LogP contribution in [0.1, 0.15) is 31.0 Å². The maximum absolute atomic E-state index is 12.9. The Morgan fingerprint density at radius 1 is 1.21 bits per heavy atom. The molecule has 1 atom stereocenters. The van der Waals surface area contributed by atoms with Gasteiger partial charge in [0.15, 0.2) is 0 Å². The molecule has 0 saturated carbocycles. The van der Waals surface area contributed by atoms with Crippen molar-refractivity contribution in [3.05, 3.63) is 53.3 Å². The Morgan fingerprint density at radius 2 is 2.00 bits per heavy atom. The van der Waals surface area contributed by atoms with Crippen LogP contribution >= 0.6 is 11.3 Å². The lowest BCUT2D eigenvalue weighted by Gasteiger charge is -2.20. The third-order valence-corrected chi connectivity index (χ3v) is 6.67. The standard InChI is InChI=1S/C20H24N4O3S2/c1-13(2)10-18(20(25)22-12-15-6-4-5-9-21-15)24-29(26,27)16-7-8-17-19(11-16)28-14(3)23-17/h4-9,11,13,18,24H,10,12H2,1-3H3,(H,22,25). The number of hydrogen-bond donors (Lipinski definition) is 2. The first-order valence-corrected chi connectivity index (χ1v) is 11.6. The molecule has 0 aliphatic heterocycles. The summed E-state index contributed by atoms with van der Waals surface area (Å²) in [6.07, 6.45) is 2.03. The third-order valence-electron chi connectivity index (χ3n) is 4.27. The molecule has 7 nitrogen and oxygen atoms in total. The van der Waals surface area contributed by atoms with Gasteiger partial charge in [-0.3, -0.25) is 9.78 Å². The average molecular weight is 433 g/mol. The van der Waals surface area contributed by atoms with Gasteiger partial charge in [-0.05, 0) is 49.6 Å². The zero-order valence-electron chi connectivity index (χ0n) is 16.5. The lowest BCUT2D eigenvalue weighted by Crippen LogP contribution is -2.47. The summed E-state index contributed by atoms with van der Waals surface area (Å²) in [5.41, 5.74) is 1.47. The summed E-state index contributed by atoms with van der Waals surface area (Å²) < 4.78 is 29.2. The van der Waals surface area contributed by atoms with Gasteiger partial charge in [-0.25, -0.2) is 13.4 Å². The highest BCUT2D eigenvalue weighted by Gasteiger charge is 2.27. The first-order chi connectivity index (χ1) is 13.7. The van der Waals surface area contributed by atoms with Crippen LogP contribution in [-0.2, 0) is 21.4 Å². The SMILES string of the molecule is Cc1nc2ccc(S(=O)(=O)NC(CC(C)C)C(=O)NCc3ccccn3)cc2s1. The second kappa shape index (κ2) is 8.98. The lowest BCUT2D eigenvalue weighted by molar-refractivity contribution is -0.123. The highest BCUT2D eigenvalue weighted by molar-refractivity contribution is 7.89. The minimum Gasteiger partial charge on any atom is -0.349 e. The smallest absolute Gasteiger partial charge is 0.241 e. The summed E-state index contributed by atoms with van der Waals surface area (Å²) in [5.74, 6) is -0.238. The molecular formula is C20H24N4O3S2. The fourth-order valence-electron chi connectivity index (χ4n) is 2.93. The van der Waals surface area contributed by atoms with Gasteiger partial charge in [0.25, 0.3) is 0 Å². The van der Waals surface area contributed by atoms with Crippen molar-refractivity contribution in [3.8, 4) is 0 Å². The van der Waals surface area contributed by atoms with Gasteiger partial charge >= 0.3 is 0 Å². The summed E-state index contributed by atoms with van der Waals surface area (Å²) in [5, 5.41) is 3.64. The fraction of sp³-hybridized carbons (Fsp3) is 0.350. The van der Waals surface area contributed by atoms with E-state index in [1.165, 1.54) is 17.4 Å². The van der Waals surface area contributed by atoms with Crippen LogP contribution in [0.25, 0.3) is 10.2 Å². The van der Waals surface area contributed by atoms with Gasteiger partial charge < -0.3 is 5.32 Å². The van der Waals surface area contributed by atoms with Crippen molar-refractivity contribution in [2.45, 2.75) is 44.7 Å². The number of rotatable bonds is 8. The molecule has 0 aliphatic carbocycles. The highest BCUT2D eigenvalue weighted by Crippen LogP contribution is 2.25. The van der Waals surface area contributed by atoms with Crippen LogP contribution in [0.15, 0.2) is 47.5 Å². The Labute approximate surface area is 174 Å². The topological polar surface area (TPSA) is 101 Å². The zero-order valence-corrected chi connectivity index (χ0v) is 18.2. The summed E-state index contributed by atoms with van der Waals surface area (Å²) in [4.78, 5) is 21.3. The molecule has 2 heterocycles. The number of aromatic nitrogens is 2. The van der Waals surface area contributed by atoms with E-state index in [2.05, 4.69) is 20.0 Å². The molecule has 0 aliphatic rings. The lowest BCUT2D eigenvalue weighted by atomic mass is 10.0. The Kier molecular flexibility index (Phi) is 6.61. The van der Waals surface area contributed by atoms with Gasteiger partial charge in [-0.15, -0.1) is 11.3 Å². The number of carbonyl (C=O) groups excluding carboxylic acids is 1. The van der Waals surface area contributed by atoms with Crippen LogP contribution in [-0.4, -0.2) is 30.3 Å². The number of fused-ring (bicyclic) bond motifs is 1. The molecule has 9 heteroatoms. The van der Waals surface area contributed by atoms with Gasteiger partial charge in [0, 0.05) is 6.20 Å². The van der Waals surface area contributed by atoms with E-state index in [9.17, 15) is 13.2 Å². The van der Waals surface area contributed by atoms with E-state index in [0.29, 0.717) is 12.1 Å². The largest absolute Gasteiger partial charge is 0.349 e. The number of sulfonamides is 1. The van der Waals surface area contributed by atoms with Crippen molar-refractivity contribution >= 4 is 37.5 Å². The Hall–Kier alpha value is -2.36. The van der Waals surface area contributed by atoms with Gasteiger partial charge in [0.05, 0.1) is 32.4 Å². The molecule has 2 aromatic heterocycles. The minimum absolute atomic E-state index is 0.125. The van der Waals surface area contributed by atoms with Crippen LogP contribution in [0.3, 0.4) is 0 Å². The molecule has 0 bridgehead atoms. The van der Waals surface area contributed by atoms with Crippen LogP contribution in [0.5, 0.6) is 0 Å². The fourth-order valence-corrected chi connectivity index (χ4v) is 5.10. The molecule has 0 spiro atoms. The molecule has 154 valence electrons. The van der Waals surface area contributed by atoms with E-state index in [4.69, 9.17) is 0 Å². The van der Waals surface area contributed by atoms with E-state index in [1.54, 1.807) is 30.5 Å². The summed E-state index contributed by atoms with van der Waals surface area (Å²) in [7, 11) is -3.86. The summed E-state index contributed by atoms with van der Waals surface area (Å²) in [6.45, 7) is 6.00. The van der Waals surface area contributed by atoms with Crippen LogP contribution in [0.4, 0.5) is 0 Å². The van der Waals surface area contributed by atoms with Gasteiger partial charge in [0.1, 0.15) is 6.04 Å². The van der Waals surface area contributed by atoms with Gasteiger partial charge in [-0.1, -0.05) is 19.9 Å². The van der Waals surface area contributed by atoms with Crippen LogP contribution in [0, 0.1) is 12.8 Å². The molecule has 1 unspecified atom stereocenters. The molecule has 0 saturated heterocycles. The van der Waals surface area contributed by atoms with Gasteiger partial charge in [-0.2, -0.15) is 4.72 Å². The normalized spacial score (nSPS) is 13.0. The first kappa shape index (κ1) is 21.4. The average Bonchev–Trinajstić information content (AvgIpc) is 3.05. The van der Waals surface area contributed by atoms with Crippen molar-refractivity contribution < 1.29 is 13.2 Å². The first-order valence-electron chi connectivity index (χ1n) is 9.32. The summed E-state index contributed by atoms with van der Waals surface area (Å²) in [6, 6.07) is 9.35. The van der Waals surface area contributed by atoms with E-state index in [0.717, 1.165) is 15.2 Å². The number of benzene rings is 1. The molecule has 0 fully saturated rings. The molecule has 29 heavy (non-hydrogen) atoms. The predicted octanol–water partition coefficient (Wildman–Crippen LogP) is 3.01. The third kappa shape index (κ3) is 5.59. The highest BCUT2D eigenvalue weighted by atomic mass is 32.2. The number of nitrogens with zero attached hydrogens (tertiary/aromatic N) is 2. The number of hydrogen-bond acceptors (Lipinski definition) is 6. The van der Waals surface area contributed by atoms with Crippen molar-refractivity contribution in [2.24, 2.45) is 5.92 Å². The molecule has 3 rings (SSSR count). The van der Waals surface area contributed by atoms with Crippen LogP contribution in [0.2, 0.25) is 0 Å². The maximum Gasteiger partial charge on any atom is 0.241 e. The van der Waals surface area contributed by atoms with Crippen LogP contribution < -0.4 is 10.0 Å². The second-order valence-electron chi connectivity index (χ2n) is 7.20. The number of pyridine rings is 1. The molecular weight excluding hydrogens is 408 g/mol. The minimum atomic E-state index is -3.86. The number of carbonyl (C=O) groups is 1. The zero-order chi connectivity index (χ0) is 21.0. The number of thiazole rings is 1. The van der Waals surface area contributed by atoms with Crippen molar-refractivity contribution in [3.63, 3.8) is 0 Å². The van der Waals surface area contributed by atoms with Crippen molar-refractivity contribution in [1.29, 1.82) is 0 Å². The van der Waals surface area contributed by atoms with Gasteiger partial charge in [0.2, 0.25) is 15.9 Å². The Balaban J connectivity index is 1.77. The van der Waals surface area contributed by atoms with E-state index in [1.807, 2.05) is 26.8 Å².